The third-order valence-corrected chi connectivity index (χ3v) is 7.03. The Morgan fingerprint density at radius 2 is 1.76 bits per heavy atom. The van der Waals surface area contributed by atoms with Crippen LogP contribution in [0.2, 0.25) is 0 Å². The molecule has 7 nitrogen and oxygen atoms in total. The van der Waals surface area contributed by atoms with Gasteiger partial charge in [0.15, 0.2) is 11.5 Å². The highest BCUT2D eigenvalue weighted by Gasteiger charge is 2.22. The van der Waals surface area contributed by atoms with E-state index in [4.69, 9.17) is 9.47 Å². The SMILES string of the molecule is C=CCN(CC(=O)N(CCc1ccc(OC)c(OC)c1)Cc1sccc1C)C(=O)NCc1ccccc1. The lowest BCUT2D eigenvalue weighted by molar-refractivity contribution is -0.132. The Hall–Kier alpha value is -3.78. The number of nitrogens with one attached hydrogen (secondary N) is 1. The van der Waals surface area contributed by atoms with Crippen LogP contribution in [0.25, 0.3) is 0 Å². The Labute approximate surface area is 223 Å². The van der Waals surface area contributed by atoms with Crippen molar-refractivity contribution in [3.8, 4) is 11.5 Å². The third-order valence-electron chi connectivity index (χ3n) is 6.02. The van der Waals surface area contributed by atoms with E-state index in [1.165, 1.54) is 4.90 Å². The van der Waals surface area contributed by atoms with Crippen molar-refractivity contribution in [2.24, 2.45) is 0 Å². The van der Waals surface area contributed by atoms with Crippen LogP contribution in [0.5, 0.6) is 11.5 Å². The Balaban J connectivity index is 1.71. The maximum absolute atomic E-state index is 13.5. The van der Waals surface area contributed by atoms with Crippen LogP contribution in [0.4, 0.5) is 4.79 Å². The molecule has 1 N–H and O–H groups in total. The maximum atomic E-state index is 13.5. The van der Waals surface area contributed by atoms with Gasteiger partial charge in [-0.25, -0.2) is 4.79 Å². The molecule has 0 atom stereocenters. The molecule has 196 valence electrons. The molecule has 3 aromatic rings. The van der Waals surface area contributed by atoms with E-state index in [0.29, 0.717) is 37.6 Å². The molecular formula is C29H35N3O4S. The van der Waals surface area contributed by atoms with Gasteiger partial charge in [-0.2, -0.15) is 0 Å². The van der Waals surface area contributed by atoms with Gasteiger partial charge in [-0.3, -0.25) is 4.79 Å². The molecule has 3 amide bonds. The number of hydrogen-bond acceptors (Lipinski definition) is 5. The first-order valence-electron chi connectivity index (χ1n) is 12.1. The molecule has 0 fully saturated rings. The number of methoxy groups -OCH3 is 2. The molecule has 8 heteroatoms. The maximum Gasteiger partial charge on any atom is 0.318 e. The summed E-state index contributed by atoms with van der Waals surface area (Å²) >= 11 is 1.63. The number of nitrogens with zero attached hydrogens (tertiary/aromatic N) is 2. The lowest BCUT2D eigenvalue weighted by Gasteiger charge is -2.27. The smallest absolute Gasteiger partial charge is 0.318 e. The zero-order valence-corrected chi connectivity index (χ0v) is 22.6. The summed E-state index contributed by atoms with van der Waals surface area (Å²) in [5.41, 5.74) is 3.17. The fraction of sp³-hybridized carbons (Fsp3) is 0.310. The molecule has 3 rings (SSSR count). The van der Waals surface area contributed by atoms with E-state index < -0.39 is 0 Å². The number of hydrogen-bond donors (Lipinski definition) is 1. The minimum Gasteiger partial charge on any atom is -0.493 e. The molecular weight excluding hydrogens is 486 g/mol. The predicted molar refractivity (Wildman–Crippen MR) is 148 cm³/mol. The van der Waals surface area contributed by atoms with E-state index in [0.717, 1.165) is 21.6 Å². The predicted octanol–water partition coefficient (Wildman–Crippen LogP) is 5.04. The van der Waals surface area contributed by atoms with Crippen LogP contribution in [0, 0.1) is 6.92 Å². The van der Waals surface area contributed by atoms with Crippen molar-refractivity contribution in [1.29, 1.82) is 0 Å². The third kappa shape index (κ3) is 8.11. The van der Waals surface area contributed by atoms with Crippen LogP contribution in [0.3, 0.4) is 0 Å². The minimum absolute atomic E-state index is 0.0387. The second-order valence-electron chi connectivity index (χ2n) is 8.59. The number of urea groups is 1. The number of carbonyl (C=O) groups excluding carboxylic acids is 2. The number of ether oxygens (including phenoxy) is 2. The van der Waals surface area contributed by atoms with Gasteiger partial charge >= 0.3 is 6.03 Å². The van der Waals surface area contributed by atoms with Crippen LogP contribution in [-0.4, -0.2) is 55.6 Å². The average Bonchev–Trinajstić information content (AvgIpc) is 3.33. The van der Waals surface area contributed by atoms with Gasteiger partial charge in [-0.15, -0.1) is 17.9 Å². The largest absolute Gasteiger partial charge is 0.493 e. The Kier molecular flexibility index (Phi) is 10.6. The van der Waals surface area contributed by atoms with E-state index >= 15 is 0 Å². The minimum atomic E-state index is -0.302. The van der Waals surface area contributed by atoms with Crippen LogP contribution >= 0.6 is 11.3 Å². The molecule has 0 aliphatic rings. The molecule has 0 unspecified atom stereocenters. The molecule has 2 aromatic carbocycles. The molecule has 0 bridgehead atoms. The molecule has 1 aromatic heterocycles. The second kappa shape index (κ2) is 14.1. The Bertz CT molecular complexity index is 1180. The summed E-state index contributed by atoms with van der Waals surface area (Å²) in [6.07, 6.45) is 2.27. The van der Waals surface area contributed by atoms with Crippen molar-refractivity contribution in [3.63, 3.8) is 0 Å². The van der Waals surface area contributed by atoms with Gasteiger partial charge in [0, 0.05) is 24.5 Å². The molecule has 0 aliphatic heterocycles. The molecule has 1 heterocycles. The lowest BCUT2D eigenvalue weighted by Crippen LogP contribution is -2.46. The first-order chi connectivity index (χ1) is 17.9. The van der Waals surface area contributed by atoms with Crippen LogP contribution in [0.1, 0.15) is 21.6 Å². The fourth-order valence-electron chi connectivity index (χ4n) is 3.86. The summed E-state index contributed by atoms with van der Waals surface area (Å²) < 4.78 is 10.8. The number of thiophene rings is 1. The van der Waals surface area contributed by atoms with Crippen molar-refractivity contribution < 1.29 is 19.1 Å². The van der Waals surface area contributed by atoms with Gasteiger partial charge in [0.2, 0.25) is 5.91 Å². The highest BCUT2D eigenvalue weighted by molar-refractivity contribution is 7.10. The van der Waals surface area contributed by atoms with E-state index in [1.54, 1.807) is 31.6 Å². The van der Waals surface area contributed by atoms with Crippen molar-refractivity contribution in [1.82, 2.24) is 15.1 Å². The topological polar surface area (TPSA) is 71.1 Å². The van der Waals surface area contributed by atoms with Gasteiger partial charge in [-0.1, -0.05) is 42.5 Å². The zero-order valence-electron chi connectivity index (χ0n) is 21.7. The second-order valence-corrected chi connectivity index (χ2v) is 9.60. The van der Waals surface area contributed by atoms with E-state index in [1.807, 2.05) is 65.7 Å². The van der Waals surface area contributed by atoms with Crippen molar-refractivity contribution >= 4 is 23.3 Å². The number of aryl methyl sites for hydroxylation is 1. The summed E-state index contributed by atoms with van der Waals surface area (Å²) in [6, 6.07) is 17.2. The summed E-state index contributed by atoms with van der Waals surface area (Å²) in [6.45, 7) is 7.42. The summed E-state index contributed by atoms with van der Waals surface area (Å²) in [5, 5.41) is 4.94. The van der Waals surface area contributed by atoms with Gasteiger partial charge in [-0.05, 0) is 53.6 Å². The van der Waals surface area contributed by atoms with Gasteiger partial charge in [0.05, 0.1) is 20.8 Å². The first-order valence-corrected chi connectivity index (χ1v) is 13.0. The average molecular weight is 522 g/mol. The quantitative estimate of drug-likeness (QED) is 0.320. The standard InChI is InChI=1S/C29H35N3O4S/c1-5-15-32(29(34)30-19-24-9-7-6-8-10-24)21-28(33)31(20-27-22(2)14-17-37-27)16-13-23-11-12-25(35-3)26(18-23)36-4/h5-12,14,17-18H,1,13,15-16,19-21H2,2-4H3,(H,30,34). The van der Waals surface area contributed by atoms with Crippen LogP contribution < -0.4 is 14.8 Å². The van der Waals surface area contributed by atoms with Crippen molar-refractivity contribution in [2.45, 2.75) is 26.4 Å². The van der Waals surface area contributed by atoms with Crippen molar-refractivity contribution in [3.05, 3.63) is 94.2 Å². The molecule has 37 heavy (non-hydrogen) atoms. The normalized spacial score (nSPS) is 10.5. The number of carbonyl (C=O) groups is 2. The number of amides is 3. The number of benzene rings is 2. The molecule has 0 saturated carbocycles. The van der Waals surface area contributed by atoms with Crippen LogP contribution in [-0.2, 0) is 24.3 Å². The van der Waals surface area contributed by atoms with Gasteiger partial charge in [0.1, 0.15) is 6.54 Å². The van der Waals surface area contributed by atoms with E-state index in [-0.39, 0.29) is 25.0 Å². The highest BCUT2D eigenvalue weighted by Crippen LogP contribution is 2.28. The van der Waals surface area contributed by atoms with E-state index in [2.05, 4.69) is 18.0 Å². The zero-order chi connectivity index (χ0) is 26.6. The molecule has 0 spiro atoms. The van der Waals surface area contributed by atoms with Gasteiger partial charge in [0.25, 0.3) is 0 Å². The summed E-state index contributed by atoms with van der Waals surface area (Å²) in [4.78, 5) is 30.9. The molecule has 0 saturated heterocycles. The Morgan fingerprint density at radius 3 is 2.41 bits per heavy atom. The number of rotatable bonds is 13. The molecule has 0 radical (unpaired) electrons. The summed E-state index contributed by atoms with van der Waals surface area (Å²) in [5.74, 6) is 1.19. The molecule has 0 aliphatic carbocycles. The summed E-state index contributed by atoms with van der Waals surface area (Å²) in [7, 11) is 3.21. The highest BCUT2D eigenvalue weighted by atomic mass is 32.1. The Morgan fingerprint density at radius 1 is 1.00 bits per heavy atom. The lowest BCUT2D eigenvalue weighted by atomic mass is 10.1. The first kappa shape index (κ1) is 27.8. The fourth-order valence-corrected chi connectivity index (χ4v) is 4.78. The van der Waals surface area contributed by atoms with Gasteiger partial charge < -0.3 is 24.6 Å². The van der Waals surface area contributed by atoms with E-state index in [9.17, 15) is 9.59 Å². The van der Waals surface area contributed by atoms with Crippen LogP contribution in [0.15, 0.2) is 72.6 Å². The monoisotopic (exact) mass is 521 g/mol. The van der Waals surface area contributed by atoms with Crippen molar-refractivity contribution in [2.75, 3.05) is 33.9 Å².